The Morgan fingerprint density at radius 2 is 1.54 bits per heavy atom. The number of aliphatic imine (C=N–C) groups is 2. The number of nitrogens with two attached hydrogens (primary N) is 2. The second kappa shape index (κ2) is 6.15. The van der Waals surface area contributed by atoms with E-state index in [9.17, 15) is 22.4 Å². The minimum absolute atomic E-state index is 0.218. The lowest BCUT2D eigenvalue weighted by Crippen LogP contribution is -2.59. The molecule has 1 aromatic rings. The van der Waals surface area contributed by atoms with Crippen molar-refractivity contribution in [3.8, 4) is 0 Å². The van der Waals surface area contributed by atoms with Gasteiger partial charge in [-0.2, -0.15) is 4.99 Å². The Kier molecular flexibility index (Phi) is 4.24. The van der Waals surface area contributed by atoms with E-state index in [0.29, 0.717) is 12.8 Å². The van der Waals surface area contributed by atoms with Gasteiger partial charge < -0.3 is 16.6 Å². The van der Waals surface area contributed by atoms with Crippen molar-refractivity contribution in [1.82, 2.24) is 0 Å². The fraction of sp³-hybridized carbons (Fsp3) is 0.400. The summed E-state index contributed by atoms with van der Waals surface area (Å²) in [7, 11) is 0. The first-order valence-corrected chi connectivity index (χ1v) is 7.78. The number of rotatable bonds is 2. The highest BCUT2D eigenvalue weighted by atomic mass is 19.2. The van der Waals surface area contributed by atoms with Gasteiger partial charge in [-0.3, -0.25) is 4.90 Å². The predicted molar refractivity (Wildman–Crippen MR) is 84.8 cm³/mol. The predicted octanol–water partition coefficient (Wildman–Crippen LogP) is 2.05. The molecular formula is C15H15F4N5O2. The number of benzene rings is 1. The third kappa shape index (κ3) is 2.54. The summed E-state index contributed by atoms with van der Waals surface area (Å²) in [6.07, 6.45) is 2.59. The van der Waals surface area contributed by atoms with Crippen molar-refractivity contribution in [1.29, 1.82) is 0 Å². The van der Waals surface area contributed by atoms with Crippen molar-refractivity contribution in [3.05, 3.63) is 28.8 Å². The third-order valence-electron chi connectivity index (χ3n) is 4.53. The average Bonchev–Trinajstić information content (AvgIpc) is 2.56. The van der Waals surface area contributed by atoms with Crippen molar-refractivity contribution < 1.29 is 27.5 Å². The number of carboxylic acids is 1. The van der Waals surface area contributed by atoms with Crippen molar-refractivity contribution in [2.75, 3.05) is 4.90 Å². The largest absolute Gasteiger partial charge is 0.477 e. The van der Waals surface area contributed by atoms with Gasteiger partial charge in [-0.1, -0.05) is 6.42 Å². The molecule has 1 heterocycles. The smallest absolute Gasteiger partial charge is 0.341 e. The molecule has 0 saturated heterocycles. The molecule has 1 aliphatic heterocycles. The number of carboxylic acid groups (broad SMARTS) is 1. The summed E-state index contributed by atoms with van der Waals surface area (Å²) in [5, 5.41) is 8.81. The fourth-order valence-corrected chi connectivity index (χ4v) is 3.45. The molecule has 2 aliphatic rings. The Labute approximate surface area is 145 Å². The summed E-state index contributed by atoms with van der Waals surface area (Å²) in [6, 6.07) is 0. The highest BCUT2D eigenvalue weighted by molar-refractivity contribution is 6.06. The molecule has 5 N–H and O–H groups in total. The Hall–Kier alpha value is -2.85. The number of aromatic carboxylic acids is 1. The van der Waals surface area contributed by atoms with Gasteiger partial charge in [0.25, 0.3) is 0 Å². The molecule has 3 rings (SSSR count). The number of carbonyl (C=O) groups is 1. The fourth-order valence-electron chi connectivity index (χ4n) is 3.45. The van der Waals surface area contributed by atoms with E-state index in [1.54, 1.807) is 0 Å². The number of hydrogen-bond acceptors (Lipinski definition) is 6. The van der Waals surface area contributed by atoms with E-state index in [2.05, 4.69) is 9.98 Å². The molecule has 1 aromatic carbocycles. The van der Waals surface area contributed by atoms with Gasteiger partial charge in [0.05, 0.1) is 0 Å². The van der Waals surface area contributed by atoms with E-state index >= 15 is 0 Å². The highest BCUT2D eigenvalue weighted by Gasteiger charge is 2.46. The van der Waals surface area contributed by atoms with E-state index in [0.717, 1.165) is 11.3 Å². The lowest BCUT2D eigenvalue weighted by molar-refractivity contribution is 0.0683. The quantitative estimate of drug-likeness (QED) is 0.542. The molecule has 0 amide bonds. The van der Waals surface area contributed by atoms with Gasteiger partial charge in [0, 0.05) is 0 Å². The first kappa shape index (κ1) is 18.0. The van der Waals surface area contributed by atoms with Crippen molar-refractivity contribution in [3.63, 3.8) is 0 Å². The molecule has 26 heavy (non-hydrogen) atoms. The van der Waals surface area contributed by atoms with Crippen molar-refractivity contribution >= 4 is 23.6 Å². The molecule has 140 valence electrons. The molecule has 0 radical (unpaired) electrons. The van der Waals surface area contributed by atoms with Gasteiger partial charge in [-0.15, -0.1) is 0 Å². The standard InChI is InChI=1S/C15H15F4N5O2/c16-7-6(12(25)26)8(17)10(19)11(9(7)18)24-14(21)22-13(20)23-15(24)4-2-1-3-5-15/h1-5H2,(H,25,26)(H4,20,21,22,23). The SMILES string of the molecule is NC1=NC2(CCCCC2)N(c2c(F)c(F)c(C(=O)O)c(F)c2F)C(N)=N1. The van der Waals surface area contributed by atoms with E-state index in [1.165, 1.54) is 0 Å². The van der Waals surface area contributed by atoms with E-state index < -0.39 is 52.1 Å². The van der Waals surface area contributed by atoms with Crippen LogP contribution in [-0.2, 0) is 0 Å². The van der Waals surface area contributed by atoms with Gasteiger partial charge in [-0.25, -0.2) is 27.3 Å². The molecule has 1 saturated carbocycles. The minimum atomic E-state index is -2.14. The molecule has 0 atom stereocenters. The highest BCUT2D eigenvalue weighted by Crippen LogP contribution is 2.42. The van der Waals surface area contributed by atoms with E-state index in [4.69, 9.17) is 16.6 Å². The molecule has 0 unspecified atom stereocenters. The summed E-state index contributed by atoms with van der Waals surface area (Å²) in [4.78, 5) is 19.5. The minimum Gasteiger partial charge on any atom is -0.477 e. The number of halogens is 4. The van der Waals surface area contributed by atoms with Crippen LogP contribution in [0.25, 0.3) is 0 Å². The zero-order valence-electron chi connectivity index (χ0n) is 13.4. The number of anilines is 1. The summed E-state index contributed by atoms with van der Waals surface area (Å²) >= 11 is 0. The monoisotopic (exact) mass is 373 g/mol. The van der Waals surface area contributed by atoms with E-state index in [1.807, 2.05) is 0 Å². The molecule has 11 heteroatoms. The maximum atomic E-state index is 14.6. The topological polar surface area (TPSA) is 117 Å². The Bertz CT molecular complexity index is 820. The molecule has 0 bridgehead atoms. The number of hydrogen-bond donors (Lipinski definition) is 3. The van der Waals surface area contributed by atoms with E-state index in [-0.39, 0.29) is 18.8 Å². The zero-order valence-corrected chi connectivity index (χ0v) is 13.4. The van der Waals surface area contributed by atoms with Gasteiger partial charge >= 0.3 is 5.97 Å². The van der Waals surface area contributed by atoms with Crippen LogP contribution in [0, 0.1) is 23.3 Å². The zero-order chi connectivity index (χ0) is 19.2. The summed E-state index contributed by atoms with van der Waals surface area (Å²) in [5.41, 5.74) is 7.13. The molecule has 1 aliphatic carbocycles. The number of guanidine groups is 2. The lowest BCUT2D eigenvalue weighted by atomic mass is 9.87. The van der Waals surface area contributed by atoms with Crippen LogP contribution in [-0.4, -0.2) is 28.7 Å². The third-order valence-corrected chi connectivity index (χ3v) is 4.53. The van der Waals surface area contributed by atoms with Crippen LogP contribution in [0.1, 0.15) is 42.5 Å². The second-order valence-corrected chi connectivity index (χ2v) is 6.10. The van der Waals surface area contributed by atoms with Crippen LogP contribution in [0.2, 0.25) is 0 Å². The van der Waals surface area contributed by atoms with Crippen LogP contribution >= 0.6 is 0 Å². The summed E-state index contributed by atoms with van der Waals surface area (Å²) in [5.74, 6) is -10.7. The molecule has 1 fully saturated rings. The molecule has 0 aromatic heterocycles. The van der Waals surface area contributed by atoms with Crippen LogP contribution < -0.4 is 16.4 Å². The molecular weight excluding hydrogens is 358 g/mol. The van der Waals surface area contributed by atoms with Crippen molar-refractivity contribution in [2.45, 2.75) is 37.8 Å². The van der Waals surface area contributed by atoms with Gasteiger partial charge in [-0.05, 0) is 25.7 Å². The van der Waals surface area contributed by atoms with Crippen molar-refractivity contribution in [2.24, 2.45) is 21.5 Å². The van der Waals surface area contributed by atoms with Crippen LogP contribution in [0.4, 0.5) is 23.2 Å². The van der Waals surface area contributed by atoms with Crippen LogP contribution in [0.3, 0.4) is 0 Å². The maximum Gasteiger partial charge on any atom is 0.341 e. The van der Waals surface area contributed by atoms with Gasteiger partial charge in [0.2, 0.25) is 11.9 Å². The first-order chi connectivity index (χ1) is 12.2. The molecule has 7 nitrogen and oxygen atoms in total. The summed E-state index contributed by atoms with van der Waals surface area (Å²) in [6.45, 7) is 0. The average molecular weight is 373 g/mol. The Morgan fingerprint density at radius 1 is 1.00 bits per heavy atom. The molecule has 1 spiro atoms. The first-order valence-electron chi connectivity index (χ1n) is 7.78. The second-order valence-electron chi connectivity index (χ2n) is 6.10. The number of nitrogens with zero attached hydrogens (tertiary/aromatic N) is 3. The van der Waals surface area contributed by atoms with Gasteiger partial charge in [0.1, 0.15) is 16.9 Å². The lowest BCUT2D eigenvalue weighted by Gasteiger charge is -2.45. The Morgan fingerprint density at radius 3 is 2.04 bits per heavy atom. The van der Waals surface area contributed by atoms with Gasteiger partial charge in [0.15, 0.2) is 23.3 Å². The summed E-state index contributed by atoms with van der Waals surface area (Å²) < 4.78 is 57.4. The van der Waals surface area contributed by atoms with Crippen LogP contribution in [0.5, 0.6) is 0 Å². The Balaban J connectivity index is 2.28. The normalized spacial score (nSPS) is 19.3. The maximum absolute atomic E-state index is 14.6. The van der Waals surface area contributed by atoms with Crippen LogP contribution in [0.15, 0.2) is 9.98 Å².